The van der Waals surface area contributed by atoms with Crippen LogP contribution in [0.15, 0.2) is 196 Å². The molecule has 7 heterocycles. The van der Waals surface area contributed by atoms with Crippen molar-refractivity contribution in [3.8, 4) is 34.5 Å². The Morgan fingerprint density at radius 1 is 0.303 bits per heavy atom. The first-order valence-electron chi connectivity index (χ1n) is 46.8. The van der Waals surface area contributed by atoms with Gasteiger partial charge < -0.3 is 43.4 Å². The van der Waals surface area contributed by atoms with Crippen molar-refractivity contribution in [2.24, 2.45) is 29.6 Å². The second-order valence-electron chi connectivity index (χ2n) is 45.4. The SMILES string of the molecule is CC1(C)CC(OC(C2CC(C)(C)N(C(=O)Oc3ccccc3)C(C)(C)C2)(C2CC(C)(C)N(C(=O)Oc3ccccc3)C(C)(C)C2)C(C2CC(C)(C)N(C(=O)Oc3ccccc3)C(C)(C)C2)(C2CC(C)(C)N(C(=O)Oc3ccccc3)C(C)(C)C2)n2c(=O)n(CCO)c(=O)n(C(CO)C3CC(C)(C)N(C(=O)Oc4ccccc4)C(C)(C)C3)c2=O)CC(C)(C)N1C(=O)Oc1ccccc1. The van der Waals surface area contributed by atoms with E-state index in [2.05, 4.69) is 0 Å². The van der Waals surface area contributed by atoms with Gasteiger partial charge in [0.1, 0.15) is 34.5 Å². The molecule has 6 aromatic carbocycles. The highest BCUT2D eigenvalue weighted by molar-refractivity contribution is 5.77. The summed E-state index contributed by atoms with van der Waals surface area (Å²) in [7, 11) is 0. The summed E-state index contributed by atoms with van der Waals surface area (Å²) >= 11 is 0. The lowest BCUT2D eigenvalue weighted by Crippen LogP contribution is -2.83. The molecule has 0 spiro atoms. The molecule has 7 aromatic rings. The molecule has 27 heteroatoms. The quantitative estimate of drug-likeness (QED) is 0.0760. The molecule has 0 saturated carbocycles. The number of carbonyl (C=O) groups excluding carboxylic acids is 6. The zero-order valence-electron chi connectivity index (χ0n) is 81.9. The highest BCUT2D eigenvalue weighted by Crippen LogP contribution is 2.69. The molecule has 0 aliphatic carbocycles. The Labute approximate surface area is 778 Å². The van der Waals surface area contributed by atoms with Crippen LogP contribution >= 0.6 is 0 Å². The predicted octanol–water partition coefficient (Wildman–Crippen LogP) is 19.7. The number of aliphatic hydroxyl groups excluding tert-OH is 2. The number of para-hydroxylation sites is 6. The number of ether oxygens (including phenoxy) is 7. The molecule has 1 aromatic heterocycles. The van der Waals surface area contributed by atoms with Crippen LogP contribution in [0.3, 0.4) is 0 Å². The second kappa shape index (κ2) is 35.9. The van der Waals surface area contributed by atoms with E-state index in [4.69, 9.17) is 28.4 Å². The number of amides is 6. The van der Waals surface area contributed by atoms with Gasteiger partial charge in [-0.05, 0) is 346 Å². The van der Waals surface area contributed by atoms with Gasteiger partial charge in [0.2, 0.25) is 0 Å². The first-order chi connectivity index (χ1) is 61.5. The van der Waals surface area contributed by atoms with Crippen molar-refractivity contribution in [2.45, 2.75) is 340 Å². The topological polar surface area (TPSA) is 293 Å². The minimum Gasteiger partial charge on any atom is -0.410 e. The van der Waals surface area contributed by atoms with Crippen LogP contribution in [0.1, 0.15) is 249 Å². The summed E-state index contributed by atoms with van der Waals surface area (Å²) in [4.78, 5) is 161. The molecular weight excluding hydrogens is 1680 g/mol. The van der Waals surface area contributed by atoms with E-state index >= 15 is 43.2 Å². The summed E-state index contributed by atoms with van der Waals surface area (Å²) in [5.74, 6) is -3.66. The molecule has 0 radical (unpaired) electrons. The third kappa shape index (κ3) is 18.7. The van der Waals surface area contributed by atoms with Crippen molar-refractivity contribution in [1.29, 1.82) is 0 Å². The van der Waals surface area contributed by atoms with E-state index in [1.165, 1.54) is 4.57 Å². The average Bonchev–Trinajstić information content (AvgIpc) is 0.658. The largest absolute Gasteiger partial charge is 0.416 e. The molecule has 27 nitrogen and oxygen atoms in total. The summed E-state index contributed by atoms with van der Waals surface area (Å²) in [6.07, 6.45) is -5.36. The van der Waals surface area contributed by atoms with Gasteiger partial charge in [-0.2, -0.15) is 0 Å². The molecule has 1 unspecified atom stereocenters. The first kappa shape index (κ1) is 98.7. The lowest BCUT2D eigenvalue weighted by molar-refractivity contribution is -0.307. The van der Waals surface area contributed by atoms with Gasteiger partial charge >= 0.3 is 53.6 Å². The smallest absolute Gasteiger partial charge is 0.410 e. The van der Waals surface area contributed by atoms with E-state index < -0.39 is 193 Å². The maximum absolute atomic E-state index is 19.4. The molecule has 6 saturated heterocycles. The molecule has 132 heavy (non-hydrogen) atoms. The van der Waals surface area contributed by atoms with E-state index in [0.29, 0.717) is 11.5 Å². The third-order valence-corrected chi connectivity index (χ3v) is 29.5. The normalized spacial score (nSPS) is 21.9. The number of likely N-dealkylation sites (tertiary alicyclic amines) is 6. The lowest BCUT2D eigenvalue weighted by atomic mass is 9.44. The minimum absolute atomic E-state index is 0.00772. The van der Waals surface area contributed by atoms with Crippen LogP contribution in [0.25, 0.3) is 0 Å². The summed E-state index contributed by atoms with van der Waals surface area (Å²) in [5, 5.41) is 25.0. The Morgan fingerprint density at radius 2 is 0.515 bits per heavy atom. The van der Waals surface area contributed by atoms with Gasteiger partial charge in [0, 0.05) is 66.5 Å². The Morgan fingerprint density at radius 3 is 0.735 bits per heavy atom. The lowest BCUT2D eigenvalue weighted by Gasteiger charge is -2.73. The van der Waals surface area contributed by atoms with E-state index in [0.717, 1.165) is 9.13 Å². The van der Waals surface area contributed by atoms with Gasteiger partial charge in [-0.3, -0.25) is 29.4 Å². The first-order valence-corrected chi connectivity index (χ1v) is 46.8. The molecule has 0 bridgehead atoms. The maximum Gasteiger partial charge on any atom is 0.416 e. The standard InChI is InChI=1S/C105H141N9O18/c1-92(2)57-70(58-93(3,4)109(92)86(120)126-75-43-31-25-32-44-75)82(69-116)107-83(117)106(55-56-115)84(118)108(85(107)119)104(71-59-94(5,6)110(95(7,8)60-71)87(121)127-76-45-33-26-34-46-76,72-61-96(9,10)111(97(11,12)62-72)88(122)128-77-47-35-27-36-48-77)105(73-63-98(13,14)112(99(15,16)64-73)89(123)129-78-49-37-28-38-50-78,74-65-100(17,18)113(101(19,20)66-74)90(124)130-79-51-39-29-40-52-79)132-81-67-102(21,22)114(103(23,24)68-81)91(125)131-80-53-41-30-42-54-80/h25-54,70-74,81-82,115-116H,55-69H2,1-24H3. The van der Waals surface area contributed by atoms with Crippen molar-refractivity contribution < 1.29 is 72.1 Å². The zero-order chi connectivity index (χ0) is 96.7. The third-order valence-electron chi connectivity index (χ3n) is 29.5. The highest BCUT2D eigenvalue weighted by atomic mass is 16.6. The Bertz CT molecular complexity index is 5240. The van der Waals surface area contributed by atoms with Crippen molar-refractivity contribution in [3.63, 3.8) is 0 Å². The summed E-state index contributed by atoms with van der Waals surface area (Å²) < 4.78 is 51.4. The molecule has 6 aliphatic heterocycles. The summed E-state index contributed by atoms with van der Waals surface area (Å²) in [6, 6.07) is 51.1. The molecule has 1 atom stereocenters. The molecule has 6 fully saturated rings. The van der Waals surface area contributed by atoms with Crippen molar-refractivity contribution in [3.05, 3.63) is 213 Å². The van der Waals surface area contributed by atoms with Crippen LogP contribution in [0, 0.1) is 29.6 Å². The van der Waals surface area contributed by atoms with Gasteiger partial charge in [0.25, 0.3) is 0 Å². The van der Waals surface area contributed by atoms with Crippen LogP contribution in [-0.2, 0) is 16.8 Å². The van der Waals surface area contributed by atoms with Crippen LogP contribution < -0.4 is 45.5 Å². The van der Waals surface area contributed by atoms with E-state index in [9.17, 15) is 14.9 Å². The van der Waals surface area contributed by atoms with Gasteiger partial charge in [-0.15, -0.1) is 0 Å². The summed E-state index contributed by atoms with van der Waals surface area (Å²) in [5.41, 5.74) is -23.9. The van der Waals surface area contributed by atoms with Gasteiger partial charge in [-0.1, -0.05) is 109 Å². The number of aliphatic hydroxyl groups is 2. The van der Waals surface area contributed by atoms with E-state index in [1.54, 1.807) is 175 Å². The number of piperidine rings is 6. The molecule has 714 valence electrons. The monoisotopic (exact) mass is 1820 g/mol. The fourth-order valence-corrected chi connectivity index (χ4v) is 27.0. The van der Waals surface area contributed by atoms with Gasteiger partial charge in [0.15, 0.2) is 0 Å². The molecule has 6 aliphatic rings. The Balaban J connectivity index is 1.22. The van der Waals surface area contributed by atoms with Crippen molar-refractivity contribution in [2.75, 3.05) is 13.2 Å². The van der Waals surface area contributed by atoms with Crippen LogP contribution in [0.5, 0.6) is 34.5 Å². The fourth-order valence-electron chi connectivity index (χ4n) is 27.0. The van der Waals surface area contributed by atoms with Crippen molar-refractivity contribution >= 4 is 36.6 Å². The van der Waals surface area contributed by atoms with E-state index in [-0.39, 0.29) is 100 Å². The Hall–Kier alpha value is -10.8. The molecule has 13 rings (SSSR count). The van der Waals surface area contributed by atoms with Gasteiger partial charge in [-0.25, -0.2) is 56.9 Å². The van der Waals surface area contributed by atoms with Crippen LogP contribution in [0.2, 0.25) is 0 Å². The minimum atomic E-state index is -2.41. The second-order valence-corrected chi connectivity index (χ2v) is 45.4. The number of benzene rings is 6. The number of nitrogens with zero attached hydrogens (tertiary/aromatic N) is 9. The van der Waals surface area contributed by atoms with Crippen LogP contribution in [-0.4, -0.2) is 181 Å². The average molecular weight is 1820 g/mol. The molecular formula is C105H141N9O18. The highest BCUT2D eigenvalue weighted by Gasteiger charge is 2.77. The molecule has 2 N–H and O–H groups in total. The zero-order valence-corrected chi connectivity index (χ0v) is 81.9. The van der Waals surface area contributed by atoms with Crippen molar-refractivity contribution in [1.82, 2.24) is 43.1 Å². The summed E-state index contributed by atoms with van der Waals surface area (Å²) in [6.45, 7) is 44.3. The Kier molecular flexibility index (Phi) is 26.8. The fraction of sp³-hybridized carbons (Fsp3) is 0.571. The number of hydrogen-bond acceptors (Lipinski definition) is 18. The number of aromatic nitrogens is 3. The predicted molar refractivity (Wildman–Crippen MR) is 506 cm³/mol. The van der Waals surface area contributed by atoms with Gasteiger partial charge in [0.05, 0.1) is 43.0 Å². The molecule has 6 amide bonds. The number of carbonyl (C=O) groups is 6. The van der Waals surface area contributed by atoms with Crippen LogP contribution in [0.4, 0.5) is 28.8 Å². The number of hydrogen-bond donors (Lipinski definition) is 2. The maximum atomic E-state index is 19.4. The number of rotatable bonds is 19. The van der Waals surface area contributed by atoms with E-state index in [1.807, 2.05) is 203 Å².